The van der Waals surface area contributed by atoms with E-state index in [9.17, 15) is 0 Å². The zero-order valence-corrected chi connectivity index (χ0v) is 10.7. The zero-order valence-electron chi connectivity index (χ0n) is 9.16. The van der Waals surface area contributed by atoms with Crippen molar-refractivity contribution >= 4 is 15.9 Å². The second kappa shape index (κ2) is 4.84. The van der Waals surface area contributed by atoms with Crippen LogP contribution in [0.4, 0.5) is 0 Å². The molecule has 0 spiro atoms. The molecule has 2 rings (SSSR count). The van der Waals surface area contributed by atoms with Crippen LogP contribution in [0.15, 0.2) is 32.0 Å². The van der Waals surface area contributed by atoms with Crippen LogP contribution in [0.3, 0.4) is 0 Å². The van der Waals surface area contributed by atoms with E-state index in [1.807, 2.05) is 6.07 Å². The van der Waals surface area contributed by atoms with Gasteiger partial charge in [0.15, 0.2) is 10.4 Å². The Labute approximate surface area is 102 Å². The maximum Gasteiger partial charge on any atom is 0.208 e. The van der Waals surface area contributed by atoms with Crippen LogP contribution in [0.1, 0.15) is 19.7 Å². The predicted octanol–water partition coefficient (Wildman–Crippen LogP) is 3.20. The van der Waals surface area contributed by atoms with Crippen molar-refractivity contribution in [1.82, 2.24) is 10.3 Å². The minimum Gasteiger partial charge on any atom is -0.457 e. The number of nitrogens with one attached hydrogen (secondary N) is 1. The van der Waals surface area contributed by atoms with Gasteiger partial charge in [-0.1, -0.05) is 13.8 Å². The van der Waals surface area contributed by atoms with Crippen molar-refractivity contribution in [3.63, 3.8) is 0 Å². The second-order valence-electron chi connectivity index (χ2n) is 3.76. The first-order valence-electron chi connectivity index (χ1n) is 5.08. The molecule has 86 valence electrons. The van der Waals surface area contributed by atoms with Crippen molar-refractivity contribution in [2.24, 2.45) is 0 Å². The monoisotopic (exact) mass is 284 g/mol. The van der Waals surface area contributed by atoms with E-state index in [0.29, 0.717) is 28.9 Å². The van der Waals surface area contributed by atoms with Crippen molar-refractivity contribution in [3.05, 3.63) is 29.1 Å². The third-order valence-electron chi connectivity index (χ3n) is 2.10. The quantitative estimate of drug-likeness (QED) is 0.937. The Morgan fingerprint density at radius 1 is 1.50 bits per heavy atom. The lowest BCUT2D eigenvalue weighted by Gasteiger charge is -2.03. The van der Waals surface area contributed by atoms with Gasteiger partial charge in [0, 0.05) is 6.04 Å². The van der Waals surface area contributed by atoms with Crippen LogP contribution in [-0.4, -0.2) is 11.0 Å². The highest BCUT2D eigenvalue weighted by Gasteiger charge is 2.11. The van der Waals surface area contributed by atoms with Crippen LogP contribution in [0.5, 0.6) is 0 Å². The van der Waals surface area contributed by atoms with Gasteiger partial charge in [0.05, 0.1) is 24.6 Å². The number of aromatic nitrogens is 1. The summed E-state index contributed by atoms with van der Waals surface area (Å²) < 4.78 is 11.4. The molecule has 1 N–H and O–H groups in total. The van der Waals surface area contributed by atoms with Crippen molar-refractivity contribution < 1.29 is 8.83 Å². The van der Waals surface area contributed by atoms with Crippen LogP contribution in [0.25, 0.3) is 11.3 Å². The van der Waals surface area contributed by atoms with E-state index in [4.69, 9.17) is 8.83 Å². The molecule has 0 fully saturated rings. The normalized spacial score (nSPS) is 11.2. The maximum absolute atomic E-state index is 5.60. The average Bonchev–Trinajstić information content (AvgIpc) is 2.83. The van der Waals surface area contributed by atoms with E-state index in [0.717, 1.165) is 5.56 Å². The summed E-state index contributed by atoms with van der Waals surface area (Å²) in [7, 11) is 0. The van der Waals surface area contributed by atoms with Gasteiger partial charge in [-0.05, 0) is 22.0 Å². The van der Waals surface area contributed by atoms with Crippen molar-refractivity contribution in [2.75, 3.05) is 0 Å². The van der Waals surface area contributed by atoms with E-state index < -0.39 is 0 Å². The molecule has 0 amide bonds. The smallest absolute Gasteiger partial charge is 0.208 e. The van der Waals surface area contributed by atoms with E-state index >= 15 is 0 Å². The lowest BCUT2D eigenvalue weighted by molar-refractivity contribution is 0.458. The van der Waals surface area contributed by atoms with Gasteiger partial charge in [-0.3, -0.25) is 0 Å². The van der Waals surface area contributed by atoms with Crippen molar-refractivity contribution in [2.45, 2.75) is 26.4 Å². The third kappa shape index (κ3) is 2.54. The van der Waals surface area contributed by atoms with Crippen LogP contribution in [-0.2, 0) is 6.54 Å². The molecule has 0 unspecified atom stereocenters. The van der Waals surface area contributed by atoms with Gasteiger partial charge in [0.25, 0.3) is 0 Å². The molecule has 2 heterocycles. The van der Waals surface area contributed by atoms with E-state index in [-0.39, 0.29) is 0 Å². The molecule has 16 heavy (non-hydrogen) atoms. The van der Waals surface area contributed by atoms with Gasteiger partial charge in [-0.2, -0.15) is 0 Å². The number of oxazole rings is 1. The number of nitrogens with zero attached hydrogens (tertiary/aromatic N) is 1. The van der Waals surface area contributed by atoms with Crippen LogP contribution >= 0.6 is 15.9 Å². The molecule has 0 saturated carbocycles. The Morgan fingerprint density at radius 3 is 2.94 bits per heavy atom. The number of rotatable bonds is 4. The van der Waals surface area contributed by atoms with E-state index in [1.54, 1.807) is 12.5 Å². The van der Waals surface area contributed by atoms with Gasteiger partial charge >= 0.3 is 0 Å². The highest BCUT2D eigenvalue weighted by molar-refractivity contribution is 9.10. The van der Waals surface area contributed by atoms with Crippen molar-refractivity contribution in [1.29, 1.82) is 0 Å². The highest BCUT2D eigenvalue weighted by Crippen LogP contribution is 2.29. The Bertz CT molecular complexity index is 462. The van der Waals surface area contributed by atoms with Crippen LogP contribution < -0.4 is 5.32 Å². The van der Waals surface area contributed by atoms with Gasteiger partial charge in [0.1, 0.15) is 0 Å². The zero-order chi connectivity index (χ0) is 11.5. The number of hydrogen-bond donors (Lipinski definition) is 1. The van der Waals surface area contributed by atoms with E-state index in [1.165, 1.54) is 0 Å². The van der Waals surface area contributed by atoms with Gasteiger partial charge in [0.2, 0.25) is 5.89 Å². The number of hydrogen-bond acceptors (Lipinski definition) is 4. The molecule has 0 aromatic carbocycles. The summed E-state index contributed by atoms with van der Waals surface area (Å²) in [6.07, 6.45) is 3.31. The lowest BCUT2D eigenvalue weighted by Crippen LogP contribution is -2.21. The molecular formula is C11H13BrN2O2. The summed E-state index contributed by atoms with van der Waals surface area (Å²) in [6.45, 7) is 4.79. The summed E-state index contributed by atoms with van der Waals surface area (Å²) in [5.41, 5.74) is 0.878. The molecular weight excluding hydrogens is 272 g/mol. The topological polar surface area (TPSA) is 51.2 Å². The summed E-state index contributed by atoms with van der Waals surface area (Å²) >= 11 is 3.30. The Kier molecular flexibility index (Phi) is 3.46. The Hall–Kier alpha value is -1.07. The standard InChI is InChI=1S/C11H13BrN2O2/c1-7(2)13-6-10-14-5-9(16-10)8-3-4-15-11(8)12/h3-5,7,13H,6H2,1-2H3. The molecule has 0 saturated heterocycles. The molecule has 2 aromatic heterocycles. The van der Waals surface area contributed by atoms with Crippen LogP contribution in [0, 0.1) is 0 Å². The largest absolute Gasteiger partial charge is 0.457 e. The molecule has 2 aromatic rings. The lowest BCUT2D eigenvalue weighted by atomic mass is 10.3. The van der Waals surface area contributed by atoms with Gasteiger partial charge in [-0.25, -0.2) is 4.98 Å². The molecule has 0 bridgehead atoms. The molecule has 0 aliphatic rings. The Morgan fingerprint density at radius 2 is 2.31 bits per heavy atom. The second-order valence-corrected chi connectivity index (χ2v) is 4.48. The van der Waals surface area contributed by atoms with Crippen molar-refractivity contribution in [3.8, 4) is 11.3 Å². The summed E-state index contributed by atoms with van der Waals surface area (Å²) in [5, 5.41) is 3.24. The molecule has 4 nitrogen and oxygen atoms in total. The molecule has 5 heteroatoms. The first kappa shape index (κ1) is 11.4. The summed E-state index contributed by atoms with van der Waals surface area (Å²) in [5.74, 6) is 1.39. The van der Waals surface area contributed by atoms with Crippen LogP contribution in [0.2, 0.25) is 0 Å². The fourth-order valence-corrected chi connectivity index (χ4v) is 1.71. The van der Waals surface area contributed by atoms with Gasteiger partial charge < -0.3 is 14.2 Å². The summed E-state index contributed by atoms with van der Waals surface area (Å²) in [4.78, 5) is 4.19. The Balaban J connectivity index is 2.11. The highest BCUT2D eigenvalue weighted by atomic mass is 79.9. The van der Waals surface area contributed by atoms with E-state index in [2.05, 4.69) is 40.1 Å². The molecule has 0 atom stereocenters. The first-order valence-corrected chi connectivity index (χ1v) is 5.87. The third-order valence-corrected chi connectivity index (χ3v) is 2.71. The van der Waals surface area contributed by atoms with Gasteiger partial charge in [-0.15, -0.1) is 0 Å². The molecule has 0 aliphatic heterocycles. The predicted molar refractivity (Wildman–Crippen MR) is 63.9 cm³/mol. The number of halogens is 1. The fourth-order valence-electron chi connectivity index (χ4n) is 1.28. The average molecular weight is 285 g/mol. The fraction of sp³-hybridized carbons (Fsp3) is 0.364. The molecule has 0 aliphatic carbocycles. The SMILES string of the molecule is CC(C)NCc1ncc(-c2ccoc2Br)o1. The minimum atomic E-state index is 0.413. The molecule has 0 radical (unpaired) electrons. The summed E-state index contributed by atoms with van der Waals surface area (Å²) in [6, 6.07) is 2.25. The maximum atomic E-state index is 5.60. The minimum absolute atomic E-state index is 0.413. The first-order chi connectivity index (χ1) is 7.66. The number of furan rings is 1.